The summed E-state index contributed by atoms with van der Waals surface area (Å²) in [5.41, 5.74) is 20.4. The van der Waals surface area contributed by atoms with Crippen molar-refractivity contribution in [2.75, 3.05) is 0 Å². The fraction of sp³-hybridized carbons (Fsp3) is 0.556. The van der Waals surface area contributed by atoms with E-state index in [4.69, 9.17) is 11.5 Å². The van der Waals surface area contributed by atoms with Crippen molar-refractivity contribution < 1.29 is 10.2 Å². The van der Waals surface area contributed by atoms with Gasteiger partial charge >= 0.3 is 0 Å². The van der Waals surface area contributed by atoms with Gasteiger partial charge < -0.3 is 21.7 Å². The van der Waals surface area contributed by atoms with Crippen molar-refractivity contribution in [1.82, 2.24) is 0 Å². The minimum absolute atomic E-state index is 0.0759. The van der Waals surface area contributed by atoms with E-state index in [9.17, 15) is 10.2 Å². The smallest absolute Gasteiger partial charge is 0.126 e. The molecule has 2 atom stereocenters. The Bertz CT molecular complexity index is 1320. The first-order chi connectivity index (χ1) is 18.0. The molecule has 4 nitrogen and oxygen atoms in total. The summed E-state index contributed by atoms with van der Waals surface area (Å²) in [4.78, 5) is 0. The summed E-state index contributed by atoms with van der Waals surface area (Å²) >= 11 is 0. The third kappa shape index (κ3) is 6.83. The molecule has 1 fully saturated rings. The average molecular weight is 547 g/mol. The van der Waals surface area contributed by atoms with Gasteiger partial charge in [0.25, 0.3) is 0 Å². The highest BCUT2D eigenvalue weighted by Gasteiger charge is 2.30. The third-order valence-corrected chi connectivity index (χ3v) is 8.21. The molecule has 0 unspecified atom stereocenters. The fourth-order valence-electron chi connectivity index (χ4n) is 5.33. The molecule has 2 aromatic carbocycles. The van der Waals surface area contributed by atoms with E-state index in [1.54, 1.807) is 0 Å². The normalized spacial score (nSPS) is 21.4. The number of hydrogen-bond donors (Lipinski definition) is 4. The molecule has 40 heavy (non-hydrogen) atoms. The molecule has 0 radical (unpaired) electrons. The monoisotopic (exact) mass is 546 g/mol. The highest BCUT2D eigenvalue weighted by molar-refractivity contribution is 5.74. The van der Waals surface area contributed by atoms with Crippen LogP contribution in [0.25, 0.3) is 12.2 Å². The van der Waals surface area contributed by atoms with Gasteiger partial charge in [-0.15, -0.1) is 0 Å². The molecule has 1 aliphatic carbocycles. The predicted molar refractivity (Wildman–Crippen MR) is 172 cm³/mol. The van der Waals surface area contributed by atoms with Gasteiger partial charge in [0.15, 0.2) is 0 Å². The number of aromatic hydroxyl groups is 2. The first kappa shape index (κ1) is 32.0. The molecule has 0 spiro atoms. The second-order valence-corrected chi connectivity index (χ2v) is 15.9. The largest absolute Gasteiger partial charge is 0.507 e. The SMILES string of the molecule is CC(C)(C)c1cc(C=C2CC[C@@H](N)[C@H](N)C2=Cc2cc(C(C)(C)C)cc(C(C)(C)C)c2O)c(O)c(C(C)(C)C)c1. The van der Waals surface area contributed by atoms with E-state index in [-0.39, 0.29) is 39.5 Å². The number of phenols is 2. The van der Waals surface area contributed by atoms with Gasteiger partial charge in [-0.3, -0.25) is 0 Å². The summed E-state index contributed by atoms with van der Waals surface area (Å²) in [5.74, 6) is 0.592. The number of benzene rings is 2. The van der Waals surface area contributed by atoms with E-state index >= 15 is 0 Å². The summed E-state index contributed by atoms with van der Waals surface area (Å²) in [7, 11) is 0. The van der Waals surface area contributed by atoms with Gasteiger partial charge in [-0.2, -0.15) is 0 Å². The molecule has 1 saturated carbocycles. The molecule has 0 bridgehead atoms. The van der Waals surface area contributed by atoms with E-state index in [1.165, 1.54) is 5.56 Å². The van der Waals surface area contributed by atoms with Gasteiger partial charge in [0.2, 0.25) is 0 Å². The Hall–Kier alpha value is -2.56. The Morgan fingerprint density at radius 3 is 1.40 bits per heavy atom. The maximum Gasteiger partial charge on any atom is 0.126 e. The molecule has 0 aromatic heterocycles. The standard InChI is InChI=1S/C36H54N2O2/c1-33(2,3)24-16-22(31(39)27(19-24)35(7,8)9)15-21-13-14-29(37)30(38)26(21)18-23-17-25(34(4,5)6)20-28(32(23)40)36(10,11)12/h15-20,29-30,39-40H,13-14,37-38H2,1-12H3/t29-,30-/m1/s1. The third-order valence-electron chi connectivity index (χ3n) is 8.21. The first-order valence-corrected chi connectivity index (χ1v) is 14.7. The van der Waals surface area contributed by atoms with Crippen molar-refractivity contribution in [3.05, 3.63) is 68.8 Å². The Morgan fingerprint density at radius 1 is 0.625 bits per heavy atom. The van der Waals surface area contributed by atoms with E-state index in [0.29, 0.717) is 5.75 Å². The Morgan fingerprint density at radius 2 is 1.02 bits per heavy atom. The highest BCUT2D eigenvalue weighted by Crippen LogP contribution is 2.42. The van der Waals surface area contributed by atoms with E-state index in [0.717, 1.165) is 51.8 Å². The van der Waals surface area contributed by atoms with Gasteiger partial charge in [-0.25, -0.2) is 0 Å². The van der Waals surface area contributed by atoms with Crippen LogP contribution in [-0.2, 0) is 21.7 Å². The molecule has 0 saturated heterocycles. The first-order valence-electron chi connectivity index (χ1n) is 14.7. The lowest BCUT2D eigenvalue weighted by Gasteiger charge is -2.32. The zero-order valence-electron chi connectivity index (χ0n) is 27.1. The fourth-order valence-corrected chi connectivity index (χ4v) is 5.33. The van der Waals surface area contributed by atoms with Crippen LogP contribution in [-0.4, -0.2) is 22.3 Å². The lowest BCUT2D eigenvalue weighted by Crippen LogP contribution is -2.45. The lowest BCUT2D eigenvalue weighted by molar-refractivity contribution is 0.442. The Kier molecular flexibility index (Phi) is 8.54. The minimum atomic E-state index is -0.384. The Labute approximate surface area is 243 Å². The predicted octanol–water partition coefficient (Wildman–Crippen LogP) is 8.20. The summed E-state index contributed by atoms with van der Waals surface area (Å²) in [6.07, 6.45) is 5.63. The second kappa shape index (κ2) is 10.7. The molecule has 0 heterocycles. The van der Waals surface area contributed by atoms with Crippen molar-refractivity contribution in [2.24, 2.45) is 11.5 Å². The quantitative estimate of drug-likeness (QED) is 0.305. The zero-order chi connectivity index (χ0) is 30.6. The molecule has 6 N–H and O–H groups in total. The van der Waals surface area contributed by atoms with Gasteiger partial charge in [-0.05, 0) is 81.1 Å². The lowest BCUT2D eigenvalue weighted by atomic mass is 9.76. The summed E-state index contributed by atoms with van der Waals surface area (Å²) in [6.45, 7) is 25.9. The van der Waals surface area contributed by atoms with Crippen LogP contribution in [0.5, 0.6) is 11.5 Å². The number of hydrogen-bond acceptors (Lipinski definition) is 4. The number of nitrogens with two attached hydrogens (primary N) is 2. The van der Waals surface area contributed by atoms with Crippen LogP contribution < -0.4 is 11.5 Å². The summed E-state index contributed by atoms with van der Waals surface area (Å²) < 4.78 is 0. The highest BCUT2D eigenvalue weighted by atomic mass is 16.3. The van der Waals surface area contributed by atoms with Gasteiger partial charge in [0, 0.05) is 34.3 Å². The van der Waals surface area contributed by atoms with Gasteiger partial charge in [0.05, 0.1) is 0 Å². The molecule has 0 amide bonds. The van der Waals surface area contributed by atoms with E-state index in [2.05, 4.69) is 113 Å². The van der Waals surface area contributed by atoms with Crippen LogP contribution in [0.4, 0.5) is 0 Å². The molecular weight excluding hydrogens is 492 g/mol. The average Bonchev–Trinajstić information content (AvgIpc) is 2.77. The molecule has 4 heteroatoms. The minimum Gasteiger partial charge on any atom is -0.507 e. The molecular formula is C36H54N2O2. The number of phenolic OH excluding ortho intramolecular Hbond substituents is 2. The summed E-state index contributed by atoms with van der Waals surface area (Å²) in [6, 6.07) is 7.89. The molecule has 1 aliphatic rings. The van der Waals surface area contributed by atoms with Crippen molar-refractivity contribution in [2.45, 2.75) is 130 Å². The van der Waals surface area contributed by atoms with Crippen LogP contribution >= 0.6 is 0 Å². The maximum atomic E-state index is 11.5. The molecule has 220 valence electrons. The molecule has 3 rings (SSSR count). The van der Waals surface area contributed by atoms with Crippen LogP contribution in [0.15, 0.2) is 35.4 Å². The van der Waals surface area contributed by atoms with Gasteiger partial charge in [-0.1, -0.05) is 95.2 Å². The van der Waals surface area contributed by atoms with Crippen molar-refractivity contribution in [1.29, 1.82) is 0 Å². The maximum absolute atomic E-state index is 11.5. The van der Waals surface area contributed by atoms with Crippen LogP contribution in [0.2, 0.25) is 0 Å². The topological polar surface area (TPSA) is 92.5 Å². The summed E-state index contributed by atoms with van der Waals surface area (Å²) in [5, 5.41) is 23.0. The van der Waals surface area contributed by atoms with E-state index < -0.39 is 0 Å². The van der Waals surface area contributed by atoms with Crippen LogP contribution in [0, 0.1) is 0 Å². The van der Waals surface area contributed by atoms with Crippen molar-refractivity contribution >= 4 is 12.2 Å². The molecule has 2 aromatic rings. The van der Waals surface area contributed by atoms with Crippen LogP contribution in [0.1, 0.15) is 129 Å². The van der Waals surface area contributed by atoms with Crippen molar-refractivity contribution in [3.63, 3.8) is 0 Å². The zero-order valence-corrected chi connectivity index (χ0v) is 27.1. The number of rotatable bonds is 2. The van der Waals surface area contributed by atoms with Crippen molar-refractivity contribution in [3.8, 4) is 11.5 Å². The van der Waals surface area contributed by atoms with E-state index in [1.807, 2.05) is 6.08 Å². The Balaban J connectivity index is 2.33. The van der Waals surface area contributed by atoms with Crippen LogP contribution in [0.3, 0.4) is 0 Å². The van der Waals surface area contributed by atoms with Gasteiger partial charge in [0.1, 0.15) is 11.5 Å². The molecule has 0 aliphatic heterocycles. The second-order valence-electron chi connectivity index (χ2n) is 15.9.